The zero-order chi connectivity index (χ0) is 14.7. The molecule has 3 nitrogen and oxygen atoms in total. The second-order valence-electron chi connectivity index (χ2n) is 4.96. The van der Waals surface area contributed by atoms with E-state index in [4.69, 9.17) is 16.0 Å². The fraction of sp³-hybridized carbons (Fsp3) is 0.111. The van der Waals surface area contributed by atoms with Crippen molar-refractivity contribution in [3.63, 3.8) is 0 Å². The molecule has 102 valence electrons. The summed E-state index contributed by atoms with van der Waals surface area (Å²) >= 11 is 0. The highest BCUT2D eigenvalue weighted by molar-refractivity contribution is 6.15. The molecule has 0 radical (unpaired) electrons. The minimum absolute atomic E-state index is 0.106. The lowest BCUT2D eigenvalue weighted by Gasteiger charge is -2.15. The zero-order valence-corrected chi connectivity index (χ0v) is 11.5. The standard InChI is InChI=1S/C18H15N3/c19-11-13(12-20)10-16-15-8-4-5-9-17(15)21-18(16)14-6-2-1-3-7-14/h1-11,15,17H,19H2/t15?,17-/m0/s1. The molecule has 0 amide bonds. The van der Waals surface area contributed by atoms with E-state index in [1.807, 2.05) is 48.6 Å². The Morgan fingerprint density at radius 2 is 1.95 bits per heavy atom. The van der Waals surface area contributed by atoms with E-state index in [2.05, 4.69) is 18.2 Å². The van der Waals surface area contributed by atoms with Crippen LogP contribution in [0.25, 0.3) is 0 Å². The average molecular weight is 273 g/mol. The van der Waals surface area contributed by atoms with Crippen molar-refractivity contribution in [3.8, 4) is 6.07 Å². The number of aliphatic imine (C=N–C) groups is 1. The van der Waals surface area contributed by atoms with Crippen molar-refractivity contribution in [2.24, 2.45) is 16.6 Å². The molecule has 0 saturated carbocycles. The fourth-order valence-electron chi connectivity index (χ4n) is 2.67. The molecule has 0 spiro atoms. The summed E-state index contributed by atoms with van der Waals surface area (Å²) in [5.74, 6) is 0.175. The fourth-order valence-corrected chi connectivity index (χ4v) is 2.67. The Morgan fingerprint density at radius 1 is 1.19 bits per heavy atom. The molecule has 1 unspecified atom stereocenters. The number of nitriles is 1. The molecular formula is C18H15N3. The first-order chi connectivity index (χ1) is 10.3. The minimum Gasteiger partial charge on any atom is -0.404 e. The van der Waals surface area contributed by atoms with Crippen LogP contribution in [0.4, 0.5) is 0 Å². The molecular weight excluding hydrogens is 258 g/mol. The Bertz CT molecular complexity index is 727. The molecule has 21 heavy (non-hydrogen) atoms. The lowest BCUT2D eigenvalue weighted by atomic mass is 9.87. The SMILES string of the molecule is N#CC(=CN)C=C1C(c2ccccc2)=N[C@H]2C=CC=CC12. The van der Waals surface area contributed by atoms with Crippen LogP contribution in [0.15, 0.2) is 83.1 Å². The topological polar surface area (TPSA) is 62.2 Å². The Hall–Kier alpha value is -2.86. The normalized spacial score (nSPS) is 25.6. The van der Waals surface area contributed by atoms with Crippen molar-refractivity contribution in [2.75, 3.05) is 0 Å². The van der Waals surface area contributed by atoms with Gasteiger partial charge in [-0.05, 0) is 17.2 Å². The van der Waals surface area contributed by atoms with Gasteiger partial charge in [0.2, 0.25) is 0 Å². The summed E-state index contributed by atoms with van der Waals surface area (Å²) in [7, 11) is 0. The van der Waals surface area contributed by atoms with Crippen molar-refractivity contribution < 1.29 is 0 Å². The third kappa shape index (κ3) is 2.44. The minimum atomic E-state index is 0.106. The van der Waals surface area contributed by atoms with E-state index < -0.39 is 0 Å². The smallest absolute Gasteiger partial charge is 0.101 e. The quantitative estimate of drug-likeness (QED) is 0.842. The van der Waals surface area contributed by atoms with Crippen molar-refractivity contribution in [2.45, 2.75) is 6.04 Å². The molecule has 2 atom stereocenters. The number of rotatable bonds is 2. The van der Waals surface area contributed by atoms with Gasteiger partial charge in [0.1, 0.15) is 6.07 Å². The van der Waals surface area contributed by atoms with Crippen LogP contribution in [-0.2, 0) is 0 Å². The first-order valence-corrected chi connectivity index (χ1v) is 6.85. The first-order valence-electron chi connectivity index (χ1n) is 6.85. The Kier molecular flexibility index (Phi) is 3.53. The van der Waals surface area contributed by atoms with Crippen LogP contribution in [0, 0.1) is 17.2 Å². The second kappa shape index (κ2) is 5.64. The number of nitrogens with two attached hydrogens (primary N) is 1. The van der Waals surface area contributed by atoms with E-state index in [0.717, 1.165) is 16.8 Å². The Labute approximate surface area is 124 Å². The summed E-state index contributed by atoms with van der Waals surface area (Å²) in [6, 6.07) is 12.3. The van der Waals surface area contributed by atoms with Crippen LogP contribution in [0.3, 0.4) is 0 Å². The summed E-state index contributed by atoms with van der Waals surface area (Å²) in [6.45, 7) is 0. The molecule has 1 aliphatic heterocycles. The van der Waals surface area contributed by atoms with Crippen LogP contribution in [0.2, 0.25) is 0 Å². The monoisotopic (exact) mass is 273 g/mol. The van der Waals surface area contributed by atoms with E-state index in [1.54, 1.807) is 0 Å². The van der Waals surface area contributed by atoms with Gasteiger partial charge in [-0.3, -0.25) is 4.99 Å². The second-order valence-corrected chi connectivity index (χ2v) is 4.96. The number of hydrogen-bond donors (Lipinski definition) is 1. The highest BCUT2D eigenvalue weighted by Gasteiger charge is 2.32. The molecule has 3 heteroatoms. The van der Waals surface area contributed by atoms with Gasteiger partial charge in [0.05, 0.1) is 17.3 Å². The van der Waals surface area contributed by atoms with Crippen LogP contribution >= 0.6 is 0 Å². The summed E-state index contributed by atoms with van der Waals surface area (Å²) < 4.78 is 0. The van der Waals surface area contributed by atoms with Crippen LogP contribution in [-0.4, -0.2) is 11.8 Å². The molecule has 0 aromatic heterocycles. The summed E-state index contributed by atoms with van der Waals surface area (Å²) in [5.41, 5.74) is 9.02. The summed E-state index contributed by atoms with van der Waals surface area (Å²) in [4.78, 5) is 4.82. The summed E-state index contributed by atoms with van der Waals surface area (Å²) in [5, 5.41) is 9.12. The van der Waals surface area contributed by atoms with Gasteiger partial charge >= 0.3 is 0 Å². The molecule has 1 aromatic carbocycles. The van der Waals surface area contributed by atoms with E-state index in [9.17, 15) is 0 Å². The van der Waals surface area contributed by atoms with Gasteiger partial charge in [-0.2, -0.15) is 5.26 Å². The van der Waals surface area contributed by atoms with Crippen LogP contribution < -0.4 is 5.73 Å². The molecule has 1 aliphatic carbocycles. The molecule has 1 aromatic rings. The molecule has 0 bridgehead atoms. The zero-order valence-electron chi connectivity index (χ0n) is 11.5. The number of allylic oxidation sites excluding steroid dienone is 4. The molecule has 0 saturated heterocycles. The van der Waals surface area contributed by atoms with Gasteiger partial charge in [-0.25, -0.2) is 0 Å². The van der Waals surface area contributed by atoms with Crippen molar-refractivity contribution in [1.29, 1.82) is 5.26 Å². The van der Waals surface area contributed by atoms with Gasteiger partial charge in [-0.1, -0.05) is 54.6 Å². The van der Waals surface area contributed by atoms with Gasteiger partial charge in [0, 0.05) is 12.1 Å². The van der Waals surface area contributed by atoms with Crippen molar-refractivity contribution in [1.82, 2.24) is 0 Å². The van der Waals surface area contributed by atoms with E-state index in [1.165, 1.54) is 6.20 Å². The molecule has 3 rings (SSSR count). The van der Waals surface area contributed by atoms with Crippen molar-refractivity contribution in [3.05, 3.63) is 83.6 Å². The highest BCUT2D eigenvalue weighted by atomic mass is 14.9. The number of benzene rings is 1. The lowest BCUT2D eigenvalue weighted by molar-refractivity contribution is 0.705. The van der Waals surface area contributed by atoms with E-state index >= 15 is 0 Å². The molecule has 2 aliphatic rings. The Morgan fingerprint density at radius 3 is 2.67 bits per heavy atom. The van der Waals surface area contributed by atoms with Gasteiger partial charge < -0.3 is 5.73 Å². The van der Waals surface area contributed by atoms with E-state index in [-0.39, 0.29) is 12.0 Å². The Balaban J connectivity index is 2.10. The third-order valence-electron chi connectivity index (χ3n) is 3.68. The third-order valence-corrected chi connectivity index (χ3v) is 3.68. The predicted molar refractivity (Wildman–Crippen MR) is 84.5 cm³/mol. The molecule has 0 fully saturated rings. The number of hydrogen-bond acceptors (Lipinski definition) is 3. The number of nitrogens with zero attached hydrogens (tertiary/aromatic N) is 2. The highest BCUT2D eigenvalue weighted by Crippen LogP contribution is 2.34. The van der Waals surface area contributed by atoms with E-state index in [0.29, 0.717) is 5.57 Å². The van der Waals surface area contributed by atoms with Gasteiger partial charge in [-0.15, -0.1) is 0 Å². The average Bonchev–Trinajstić information content (AvgIpc) is 2.92. The predicted octanol–water partition coefficient (Wildman–Crippen LogP) is 2.89. The maximum absolute atomic E-state index is 9.12. The molecule has 2 N–H and O–H groups in total. The maximum atomic E-state index is 9.12. The lowest BCUT2D eigenvalue weighted by Crippen LogP contribution is -2.14. The maximum Gasteiger partial charge on any atom is 0.101 e. The summed E-state index contributed by atoms with van der Waals surface area (Å²) in [6.07, 6.45) is 11.4. The first kappa shape index (κ1) is 13.1. The largest absolute Gasteiger partial charge is 0.404 e. The van der Waals surface area contributed by atoms with Crippen LogP contribution in [0.1, 0.15) is 5.56 Å². The van der Waals surface area contributed by atoms with Gasteiger partial charge in [0.25, 0.3) is 0 Å². The van der Waals surface area contributed by atoms with Crippen molar-refractivity contribution >= 4 is 5.71 Å². The van der Waals surface area contributed by atoms with Gasteiger partial charge in [0.15, 0.2) is 0 Å². The van der Waals surface area contributed by atoms with Crippen LogP contribution in [0.5, 0.6) is 0 Å². The molecule has 1 heterocycles. The number of fused-ring (bicyclic) bond motifs is 1.